The number of dihydropyridines is 1. The largest absolute Gasteiger partial charge is 0.493 e. The molecule has 2 aliphatic rings. The second-order valence-corrected chi connectivity index (χ2v) is 9.61. The number of nitrogens with one attached hydrogen (secondary N) is 1. The lowest BCUT2D eigenvalue weighted by Crippen LogP contribution is -2.36. The number of carbonyl (C=O) groups excluding carboxylic acids is 2. The van der Waals surface area contributed by atoms with Crippen LogP contribution in [0.1, 0.15) is 68.6 Å². The van der Waals surface area contributed by atoms with Crippen molar-refractivity contribution in [3.63, 3.8) is 0 Å². The van der Waals surface area contributed by atoms with E-state index in [-0.39, 0.29) is 23.8 Å². The fraction of sp³-hybridized carbons (Fsp3) is 0.400. The fourth-order valence-corrected chi connectivity index (χ4v) is 5.20. The van der Waals surface area contributed by atoms with Crippen LogP contribution >= 0.6 is 0 Å². The van der Waals surface area contributed by atoms with Gasteiger partial charge in [0.2, 0.25) is 0 Å². The first-order chi connectivity index (χ1) is 17.3. The molecule has 1 heterocycles. The normalized spacial score (nSPS) is 20.4. The van der Waals surface area contributed by atoms with Crippen LogP contribution in [0.3, 0.4) is 0 Å². The van der Waals surface area contributed by atoms with Gasteiger partial charge in [-0.25, -0.2) is 4.79 Å². The molecule has 3 atom stereocenters. The van der Waals surface area contributed by atoms with Gasteiger partial charge in [-0.15, -0.1) is 0 Å². The van der Waals surface area contributed by atoms with E-state index in [2.05, 4.69) is 5.32 Å². The van der Waals surface area contributed by atoms with Crippen LogP contribution < -0.4 is 14.8 Å². The summed E-state index contributed by atoms with van der Waals surface area (Å²) in [6.45, 7) is 7.78. The van der Waals surface area contributed by atoms with Gasteiger partial charge in [-0.05, 0) is 68.4 Å². The van der Waals surface area contributed by atoms with Crippen LogP contribution in [0.4, 0.5) is 0 Å². The Morgan fingerprint density at radius 3 is 2.44 bits per heavy atom. The van der Waals surface area contributed by atoms with Crippen molar-refractivity contribution in [3.8, 4) is 11.5 Å². The highest BCUT2D eigenvalue weighted by Crippen LogP contribution is 2.47. The summed E-state index contributed by atoms with van der Waals surface area (Å²) in [5.74, 6) is 0.493. The lowest BCUT2D eigenvalue weighted by Gasteiger charge is -2.37. The van der Waals surface area contributed by atoms with E-state index in [1.807, 2.05) is 70.2 Å². The molecule has 6 nitrogen and oxygen atoms in total. The Morgan fingerprint density at radius 1 is 1.06 bits per heavy atom. The van der Waals surface area contributed by atoms with E-state index in [4.69, 9.17) is 14.2 Å². The summed E-state index contributed by atoms with van der Waals surface area (Å²) < 4.78 is 16.6. The average molecular weight is 490 g/mol. The van der Waals surface area contributed by atoms with Crippen molar-refractivity contribution < 1.29 is 23.8 Å². The van der Waals surface area contributed by atoms with Crippen molar-refractivity contribution in [3.05, 3.63) is 81.7 Å². The Kier molecular flexibility index (Phi) is 7.53. The smallest absolute Gasteiger partial charge is 0.337 e. The molecule has 0 aromatic heterocycles. The third kappa shape index (κ3) is 4.77. The Balaban J connectivity index is 1.77. The van der Waals surface area contributed by atoms with Crippen LogP contribution in [0.15, 0.2) is 65.0 Å². The number of Topliss-reactive ketones (excluding diaryl/α,β-unsaturated/α-hetero) is 1. The highest BCUT2D eigenvalue weighted by atomic mass is 16.5. The molecule has 0 spiro atoms. The first-order valence-corrected chi connectivity index (χ1v) is 12.5. The number of aryl methyl sites for hydroxylation is 1. The Bertz CT molecular complexity index is 1240. The minimum Gasteiger partial charge on any atom is -0.493 e. The van der Waals surface area contributed by atoms with Gasteiger partial charge in [-0.1, -0.05) is 37.3 Å². The zero-order chi connectivity index (χ0) is 26.0. The van der Waals surface area contributed by atoms with Crippen molar-refractivity contribution in [1.82, 2.24) is 5.32 Å². The summed E-state index contributed by atoms with van der Waals surface area (Å²) in [5, 5.41) is 3.42. The molecule has 6 heteroatoms. The van der Waals surface area contributed by atoms with E-state index in [9.17, 15) is 9.59 Å². The Labute approximate surface area is 213 Å². The molecule has 0 amide bonds. The standard InChI is InChI=1S/C30H35NO5/c1-7-18(3)36-30(33)27-19(4)31-23-14-21(20-12-13-25(34-5)26(16-20)35-6)15-24(32)29(23)28(27)22-11-9-8-10-17(22)2/h8-13,16,18,21,28,31H,7,14-15H2,1-6H3/t18-,21+,28+/m1/s1. The van der Waals surface area contributed by atoms with Crippen molar-refractivity contribution in [1.29, 1.82) is 0 Å². The lowest BCUT2D eigenvalue weighted by molar-refractivity contribution is -0.144. The number of carbonyl (C=O) groups is 2. The second kappa shape index (κ2) is 10.6. The fourth-order valence-electron chi connectivity index (χ4n) is 5.20. The van der Waals surface area contributed by atoms with Gasteiger partial charge >= 0.3 is 5.97 Å². The van der Waals surface area contributed by atoms with Crippen LogP contribution in [0.2, 0.25) is 0 Å². The number of ether oxygens (including phenoxy) is 3. The molecular weight excluding hydrogens is 454 g/mol. The van der Waals surface area contributed by atoms with Crippen LogP contribution in [-0.4, -0.2) is 32.1 Å². The van der Waals surface area contributed by atoms with E-state index >= 15 is 0 Å². The van der Waals surface area contributed by atoms with E-state index in [0.29, 0.717) is 35.5 Å². The van der Waals surface area contributed by atoms with Gasteiger partial charge in [-0.2, -0.15) is 0 Å². The summed E-state index contributed by atoms with van der Waals surface area (Å²) in [7, 11) is 3.22. The maximum Gasteiger partial charge on any atom is 0.337 e. The predicted octanol–water partition coefficient (Wildman–Crippen LogP) is 5.72. The average Bonchev–Trinajstić information content (AvgIpc) is 2.87. The van der Waals surface area contributed by atoms with Gasteiger partial charge in [0, 0.05) is 29.3 Å². The molecule has 0 saturated carbocycles. The molecule has 0 bridgehead atoms. The zero-order valence-electron chi connectivity index (χ0n) is 21.9. The number of benzene rings is 2. The van der Waals surface area contributed by atoms with Crippen LogP contribution in [0, 0.1) is 6.92 Å². The summed E-state index contributed by atoms with van der Waals surface area (Å²) >= 11 is 0. The number of methoxy groups -OCH3 is 2. The summed E-state index contributed by atoms with van der Waals surface area (Å²) in [4.78, 5) is 27.2. The Morgan fingerprint density at radius 2 is 1.78 bits per heavy atom. The summed E-state index contributed by atoms with van der Waals surface area (Å²) in [6, 6.07) is 13.8. The molecule has 0 radical (unpaired) electrons. The molecule has 1 N–H and O–H groups in total. The van der Waals surface area contributed by atoms with E-state index in [1.165, 1.54) is 0 Å². The molecule has 2 aromatic rings. The van der Waals surface area contributed by atoms with E-state index < -0.39 is 5.92 Å². The minimum atomic E-state index is -0.460. The van der Waals surface area contributed by atoms with Gasteiger partial charge in [0.25, 0.3) is 0 Å². The van der Waals surface area contributed by atoms with E-state index in [1.54, 1.807) is 14.2 Å². The number of hydrogen-bond donors (Lipinski definition) is 1. The Hall–Kier alpha value is -3.54. The molecular formula is C30H35NO5. The number of esters is 1. The third-order valence-corrected chi connectivity index (χ3v) is 7.31. The quantitative estimate of drug-likeness (QED) is 0.502. The lowest BCUT2D eigenvalue weighted by atomic mass is 9.71. The summed E-state index contributed by atoms with van der Waals surface area (Å²) in [6.07, 6.45) is 1.53. The molecule has 4 rings (SSSR count). The van der Waals surface area contributed by atoms with Gasteiger partial charge in [0.15, 0.2) is 17.3 Å². The monoisotopic (exact) mass is 489 g/mol. The minimum absolute atomic E-state index is 0.0116. The van der Waals surface area contributed by atoms with Crippen molar-refractivity contribution in [2.24, 2.45) is 0 Å². The number of allylic oxidation sites excluding steroid dienone is 3. The molecule has 1 aliphatic heterocycles. The molecule has 2 aromatic carbocycles. The molecule has 0 unspecified atom stereocenters. The molecule has 36 heavy (non-hydrogen) atoms. The van der Waals surface area contributed by atoms with Crippen molar-refractivity contribution >= 4 is 11.8 Å². The number of rotatable bonds is 7. The predicted molar refractivity (Wildman–Crippen MR) is 139 cm³/mol. The zero-order valence-corrected chi connectivity index (χ0v) is 21.9. The molecule has 1 aliphatic carbocycles. The number of ketones is 1. The maximum absolute atomic E-state index is 13.8. The first-order valence-electron chi connectivity index (χ1n) is 12.5. The summed E-state index contributed by atoms with van der Waals surface area (Å²) in [5.41, 5.74) is 5.80. The highest BCUT2D eigenvalue weighted by molar-refractivity contribution is 6.04. The highest BCUT2D eigenvalue weighted by Gasteiger charge is 2.42. The SMILES string of the molecule is CC[C@@H](C)OC(=O)C1=C(C)NC2=C(C(=O)C[C@@H](c3ccc(OC)c(OC)c3)C2)[C@H]1c1ccccc1C. The van der Waals surface area contributed by atoms with Crippen LogP contribution in [-0.2, 0) is 14.3 Å². The van der Waals surface area contributed by atoms with Crippen LogP contribution in [0.5, 0.6) is 11.5 Å². The van der Waals surface area contributed by atoms with Crippen molar-refractivity contribution in [2.75, 3.05) is 14.2 Å². The number of hydrogen-bond acceptors (Lipinski definition) is 6. The third-order valence-electron chi connectivity index (χ3n) is 7.31. The van der Waals surface area contributed by atoms with E-state index in [0.717, 1.165) is 34.5 Å². The van der Waals surface area contributed by atoms with Gasteiger partial charge in [0.05, 0.1) is 25.9 Å². The topological polar surface area (TPSA) is 73.9 Å². The second-order valence-electron chi connectivity index (χ2n) is 9.61. The molecule has 190 valence electrons. The molecule has 0 fully saturated rings. The molecule has 0 saturated heterocycles. The van der Waals surface area contributed by atoms with Gasteiger partial charge in [0.1, 0.15) is 0 Å². The van der Waals surface area contributed by atoms with Crippen molar-refractivity contribution in [2.45, 2.75) is 64.9 Å². The van der Waals surface area contributed by atoms with Gasteiger partial charge < -0.3 is 19.5 Å². The van der Waals surface area contributed by atoms with Crippen LogP contribution in [0.25, 0.3) is 0 Å². The van der Waals surface area contributed by atoms with Gasteiger partial charge in [-0.3, -0.25) is 4.79 Å². The maximum atomic E-state index is 13.8. The first kappa shape index (κ1) is 25.5.